The van der Waals surface area contributed by atoms with Gasteiger partial charge < -0.3 is 15.0 Å². The minimum Gasteiger partial charge on any atom is -0.435 e. The van der Waals surface area contributed by atoms with Crippen LogP contribution in [0.15, 0.2) is 24.3 Å². The molecule has 0 bridgehead atoms. The highest BCUT2D eigenvalue weighted by molar-refractivity contribution is 5.78. The Kier molecular flexibility index (Phi) is 5.66. The molecule has 1 aliphatic heterocycles. The monoisotopic (exact) mass is 338 g/mol. The summed E-state index contributed by atoms with van der Waals surface area (Å²) in [6, 6.07) is 7.25. The average Bonchev–Trinajstić information content (AvgIpc) is 2.49. The van der Waals surface area contributed by atoms with Crippen molar-refractivity contribution in [3.05, 3.63) is 29.8 Å². The van der Waals surface area contributed by atoms with Gasteiger partial charge >= 0.3 is 6.61 Å². The Morgan fingerprint density at radius 3 is 2.38 bits per heavy atom. The van der Waals surface area contributed by atoms with E-state index in [0.29, 0.717) is 0 Å². The van der Waals surface area contributed by atoms with Crippen molar-refractivity contribution in [2.45, 2.75) is 57.2 Å². The van der Waals surface area contributed by atoms with Crippen molar-refractivity contribution < 1.29 is 18.3 Å². The number of benzene rings is 1. The van der Waals surface area contributed by atoms with Crippen LogP contribution in [0.25, 0.3) is 0 Å². The number of halogens is 2. The molecule has 2 fully saturated rings. The SMILES string of the molecule is O=C(Cc1ccc(OC(F)F)cc1)NC1CCN(C2CCC2)CC1. The molecule has 1 amide bonds. The molecule has 0 unspecified atom stereocenters. The van der Waals surface area contributed by atoms with E-state index in [-0.39, 0.29) is 24.1 Å². The van der Waals surface area contributed by atoms with Gasteiger partial charge in [0.2, 0.25) is 5.91 Å². The summed E-state index contributed by atoms with van der Waals surface area (Å²) in [6.07, 6.45) is 6.26. The summed E-state index contributed by atoms with van der Waals surface area (Å²) >= 11 is 0. The van der Waals surface area contributed by atoms with E-state index in [1.165, 1.54) is 31.4 Å². The number of rotatable bonds is 6. The molecule has 1 aromatic rings. The molecular formula is C18H24F2N2O2. The van der Waals surface area contributed by atoms with Crippen molar-refractivity contribution in [1.29, 1.82) is 0 Å². The number of ether oxygens (including phenoxy) is 1. The largest absolute Gasteiger partial charge is 0.435 e. The second-order valence-electron chi connectivity index (χ2n) is 6.66. The van der Waals surface area contributed by atoms with Gasteiger partial charge in [0, 0.05) is 25.2 Å². The van der Waals surface area contributed by atoms with Gasteiger partial charge in [-0.05, 0) is 43.4 Å². The van der Waals surface area contributed by atoms with Crippen molar-refractivity contribution in [3.63, 3.8) is 0 Å². The van der Waals surface area contributed by atoms with Gasteiger partial charge in [-0.3, -0.25) is 4.79 Å². The Morgan fingerprint density at radius 2 is 1.83 bits per heavy atom. The highest BCUT2D eigenvalue weighted by Crippen LogP contribution is 2.27. The van der Waals surface area contributed by atoms with E-state index in [4.69, 9.17) is 0 Å². The lowest BCUT2D eigenvalue weighted by Crippen LogP contribution is -2.50. The molecule has 0 atom stereocenters. The van der Waals surface area contributed by atoms with Crippen LogP contribution >= 0.6 is 0 Å². The quantitative estimate of drug-likeness (QED) is 0.867. The van der Waals surface area contributed by atoms with Crippen LogP contribution < -0.4 is 10.1 Å². The number of piperidine rings is 1. The van der Waals surface area contributed by atoms with E-state index in [2.05, 4.69) is 15.0 Å². The first-order valence-electron chi connectivity index (χ1n) is 8.67. The Labute approximate surface area is 141 Å². The molecule has 24 heavy (non-hydrogen) atoms. The van der Waals surface area contributed by atoms with Crippen molar-refractivity contribution in [1.82, 2.24) is 10.2 Å². The highest BCUT2D eigenvalue weighted by Gasteiger charge is 2.29. The number of amides is 1. The zero-order valence-corrected chi connectivity index (χ0v) is 13.7. The van der Waals surface area contributed by atoms with Gasteiger partial charge in [-0.1, -0.05) is 18.6 Å². The summed E-state index contributed by atoms with van der Waals surface area (Å²) in [5.41, 5.74) is 0.793. The van der Waals surface area contributed by atoms with Crippen LogP contribution in [-0.2, 0) is 11.2 Å². The smallest absolute Gasteiger partial charge is 0.387 e. The van der Waals surface area contributed by atoms with Gasteiger partial charge in [-0.25, -0.2) is 0 Å². The molecule has 3 rings (SSSR count). The third-order valence-corrected chi connectivity index (χ3v) is 5.00. The van der Waals surface area contributed by atoms with Gasteiger partial charge in [0.1, 0.15) is 5.75 Å². The van der Waals surface area contributed by atoms with Gasteiger partial charge in [-0.15, -0.1) is 0 Å². The lowest BCUT2D eigenvalue weighted by atomic mass is 9.89. The molecule has 1 saturated carbocycles. The predicted octanol–water partition coefficient (Wildman–Crippen LogP) is 2.96. The molecular weight excluding hydrogens is 314 g/mol. The van der Waals surface area contributed by atoms with E-state index < -0.39 is 6.61 Å². The number of hydrogen-bond acceptors (Lipinski definition) is 3. The summed E-state index contributed by atoms with van der Waals surface area (Å²) in [4.78, 5) is 14.7. The summed E-state index contributed by atoms with van der Waals surface area (Å²) in [6.45, 7) is -0.699. The second-order valence-corrected chi connectivity index (χ2v) is 6.66. The first-order chi connectivity index (χ1) is 11.6. The zero-order chi connectivity index (χ0) is 16.9. The van der Waals surface area contributed by atoms with Crippen LogP contribution in [0.4, 0.5) is 8.78 Å². The fourth-order valence-corrected chi connectivity index (χ4v) is 3.41. The maximum absolute atomic E-state index is 12.2. The zero-order valence-electron chi connectivity index (χ0n) is 13.7. The van der Waals surface area contributed by atoms with Crippen molar-refractivity contribution in [2.75, 3.05) is 13.1 Å². The summed E-state index contributed by atoms with van der Waals surface area (Å²) in [5.74, 6) is 0.0946. The van der Waals surface area contributed by atoms with Gasteiger partial charge in [0.15, 0.2) is 0 Å². The van der Waals surface area contributed by atoms with E-state index in [9.17, 15) is 13.6 Å². The molecule has 1 saturated heterocycles. The Morgan fingerprint density at radius 1 is 1.17 bits per heavy atom. The normalized spacial score (nSPS) is 20.0. The number of nitrogens with zero attached hydrogens (tertiary/aromatic N) is 1. The number of nitrogens with one attached hydrogen (secondary N) is 1. The van der Waals surface area contributed by atoms with Crippen molar-refractivity contribution >= 4 is 5.91 Å². The molecule has 1 aliphatic carbocycles. The third kappa shape index (κ3) is 4.66. The molecule has 2 aliphatic rings. The van der Waals surface area contributed by atoms with Crippen molar-refractivity contribution in [3.8, 4) is 5.75 Å². The molecule has 1 aromatic carbocycles. The number of hydrogen-bond donors (Lipinski definition) is 1. The van der Waals surface area contributed by atoms with E-state index >= 15 is 0 Å². The van der Waals surface area contributed by atoms with Crippen LogP contribution in [0.5, 0.6) is 5.75 Å². The fourth-order valence-electron chi connectivity index (χ4n) is 3.41. The van der Waals surface area contributed by atoms with Gasteiger partial charge in [0.05, 0.1) is 6.42 Å². The summed E-state index contributed by atoms with van der Waals surface area (Å²) < 4.78 is 28.5. The molecule has 6 heteroatoms. The summed E-state index contributed by atoms with van der Waals surface area (Å²) in [7, 11) is 0. The molecule has 0 aromatic heterocycles. The molecule has 132 valence electrons. The molecule has 4 nitrogen and oxygen atoms in total. The Balaban J connectivity index is 1.41. The van der Waals surface area contributed by atoms with Crippen LogP contribution in [0.2, 0.25) is 0 Å². The van der Waals surface area contributed by atoms with E-state index in [1.807, 2.05) is 0 Å². The fraction of sp³-hybridized carbons (Fsp3) is 0.611. The lowest BCUT2D eigenvalue weighted by molar-refractivity contribution is -0.121. The number of likely N-dealkylation sites (tertiary alicyclic amines) is 1. The maximum Gasteiger partial charge on any atom is 0.387 e. The molecule has 0 spiro atoms. The standard InChI is InChI=1S/C18H24F2N2O2/c19-18(20)24-16-6-4-13(5-7-16)12-17(23)21-14-8-10-22(11-9-14)15-2-1-3-15/h4-7,14-15,18H,1-3,8-12H2,(H,21,23). The minimum atomic E-state index is -2.83. The second kappa shape index (κ2) is 7.92. The number of carbonyl (C=O) groups excluding carboxylic acids is 1. The average molecular weight is 338 g/mol. The minimum absolute atomic E-state index is 0.0142. The first kappa shape index (κ1) is 17.1. The van der Waals surface area contributed by atoms with E-state index in [0.717, 1.165) is 37.5 Å². The van der Waals surface area contributed by atoms with Crippen LogP contribution in [0.3, 0.4) is 0 Å². The van der Waals surface area contributed by atoms with Crippen LogP contribution in [-0.4, -0.2) is 42.6 Å². The molecule has 0 radical (unpaired) electrons. The topological polar surface area (TPSA) is 41.6 Å². The van der Waals surface area contributed by atoms with Gasteiger partial charge in [0.25, 0.3) is 0 Å². The van der Waals surface area contributed by atoms with Crippen LogP contribution in [0, 0.1) is 0 Å². The van der Waals surface area contributed by atoms with Crippen LogP contribution in [0.1, 0.15) is 37.7 Å². The van der Waals surface area contributed by atoms with Crippen molar-refractivity contribution in [2.24, 2.45) is 0 Å². The Hall–Kier alpha value is -1.69. The Bertz CT molecular complexity index is 538. The molecule has 1 N–H and O–H groups in total. The number of carbonyl (C=O) groups is 1. The molecule has 1 heterocycles. The maximum atomic E-state index is 12.2. The lowest BCUT2D eigenvalue weighted by Gasteiger charge is -2.41. The summed E-state index contributed by atoms with van der Waals surface area (Å²) in [5, 5.41) is 3.09. The highest BCUT2D eigenvalue weighted by atomic mass is 19.3. The third-order valence-electron chi connectivity index (χ3n) is 5.00. The van der Waals surface area contributed by atoms with E-state index in [1.54, 1.807) is 12.1 Å². The number of alkyl halides is 2. The first-order valence-corrected chi connectivity index (χ1v) is 8.67. The van der Waals surface area contributed by atoms with Gasteiger partial charge in [-0.2, -0.15) is 8.78 Å². The predicted molar refractivity (Wildman–Crippen MR) is 87.2 cm³/mol.